The standard InChI is InChI=1S/C37H44N6O7/c1-8-9-10-15-42-21-39-26-12-11-13-27-30(26)32(42)23-18-43-28(31(23)40-27)17-25-24(33(43)45)20-48-34(46)37(25,22(2)3)49-29(44)19-41(7)16-14-38-35(47)50-36(4,5)6/h11-13,17,21H,2,8-10,14-16,18-20H2,1,3-7H3,(H,38,47)/t37-/m0/s1. The highest BCUT2D eigenvalue weighted by Crippen LogP contribution is 2.47. The maximum atomic E-state index is 14.3. The summed E-state index contributed by atoms with van der Waals surface area (Å²) in [6.07, 6.45) is 4.41. The molecule has 5 heterocycles. The molecule has 0 spiro atoms. The second kappa shape index (κ2) is 13.3. The van der Waals surface area contributed by atoms with Gasteiger partial charge in [-0.15, -0.1) is 0 Å². The van der Waals surface area contributed by atoms with Crippen LogP contribution < -0.4 is 15.8 Å². The largest absolute Gasteiger partial charge is 0.457 e. The molecule has 50 heavy (non-hydrogen) atoms. The Hall–Kier alpha value is -5.04. The third-order valence-electron chi connectivity index (χ3n) is 9.09. The van der Waals surface area contributed by atoms with Crippen LogP contribution in [0.25, 0.3) is 22.3 Å². The summed E-state index contributed by atoms with van der Waals surface area (Å²) in [5.74, 6) is -1.56. The molecule has 13 nitrogen and oxygen atoms in total. The van der Waals surface area contributed by atoms with Gasteiger partial charge in [0.25, 0.3) is 11.2 Å². The van der Waals surface area contributed by atoms with Gasteiger partial charge in [-0.1, -0.05) is 32.4 Å². The number of alkyl carbamates (subject to hydrolysis) is 1. The van der Waals surface area contributed by atoms with E-state index in [0.717, 1.165) is 53.6 Å². The van der Waals surface area contributed by atoms with Gasteiger partial charge in [0, 0.05) is 30.8 Å². The number of amides is 1. The van der Waals surface area contributed by atoms with E-state index >= 15 is 0 Å². The van der Waals surface area contributed by atoms with Gasteiger partial charge in [-0.05, 0) is 64.9 Å². The number of nitrogens with zero attached hydrogens (tertiary/aromatic N) is 5. The summed E-state index contributed by atoms with van der Waals surface area (Å²) in [6.45, 7) is 14.1. The molecule has 0 aliphatic carbocycles. The van der Waals surface area contributed by atoms with Crippen molar-refractivity contribution < 1.29 is 28.6 Å². The van der Waals surface area contributed by atoms with E-state index in [-0.39, 0.29) is 48.5 Å². The van der Waals surface area contributed by atoms with E-state index in [1.807, 2.05) is 24.5 Å². The van der Waals surface area contributed by atoms with Crippen LogP contribution in [-0.4, -0.2) is 77.6 Å². The summed E-state index contributed by atoms with van der Waals surface area (Å²) in [5.41, 5.74) is 2.16. The summed E-state index contributed by atoms with van der Waals surface area (Å²) in [5, 5.41) is 3.59. The number of ether oxygens (including phenoxy) is 3. The third kappa shape index (κ3) is 6.26. The lowest BCUT2D eigenvalue weighted by Gasteiger charge is -2.37. The van der Waals surface area contributed by atoms with Crippen molar-refractivity contribution in [3.05, 3.63) is 63.5 Å². The highest BCUT2D eigenvalue weighted by atomic mass is 16.6. The minimum absolute atomic E-state index is 0.193. The number of pyridine rings is 2. The Labute approximate surface area is 290 Å². The topological polar surface area (TPSA) is 145 Å². The van der Waals surface area contributed by atoms with Crippen molar-refractivity contribution in [1.82, 2.24) is 19.8 Å². The average Bonchev–Trinajstić information content (AvgIpc) is 3.41. The molecule has 1 N–H and O–H groups in total. The lowest BCUT2D eigenvalue weighted by atomic mass is 9.82. The maximum Gasteiger partial charge on any atom is 0.407 e. The quantitative estimate of drug-likeness (QED) is 0.100. The van der Waals surface area contributed by atoms with E-state index in [0.29, 0.717) is 17.9 Å². The number of nitrogens with one attached hydrogen (secondary N) is 1. The molecule has 0 saturated carbocycles. The monoisotopic (exact) mass is 684 g/mol. The maximum absolute atomic E-state index is 14.3. The van der Waals surface area contributed by atoms with Gasteiger partial charge in [-0.2, -0.15) is 0 Å². The molecule has 0 saturated heterocycles. The third-order valence-corrected chi connectivity index (χ3v) is 9.09. The number of likely N-dealkylation sites (N-methyl/N-ethyl adjacent to an activating group) is 1. The van der Waals surface area contributed by atoms with E-state index in [1.165, 1.54) is 0 Å². The fraction of sp³-hybridized carbons (Fsp3) is 0.459. The van der Waals surface area contributed by atoms with Crippen LogP contribution in [0.5, 0.6) is 0 Å². The van der Waals surface area contributed by atoms with Crippen LogP contribution in [0, 0.1) is 0 Å². The van der Waals surface area contributed by atoms with E-state index in [4.69, 9.17) is 24.2 Å². The molecule has 1 atom stereocenters. The van der Waals surface area contributed by atoms with Crippen molar-refractivity contribution >= 4 is 46.6 Å². The number of carbonyl (C=O) groups is 3. The Morgan fingerprint density at radius 2 is 1.96 bits per heavy atom. The summed E-state index contributed by atoms with van der Waals surface area (Å²) >= 11 is 0. The Bertz CT molecular complexity index is 1990. The van der Waals surface area contributed by atoms with Crippen molar-refractivity contribution in [1.29, 1.82) is 0 Å². The smallest absolute Gasteiger partial charge is 0.407 e. The molecule has 2 aromatic heterocycles. The molecule has 1 amide bonds. The van der Waals surface area contributed by atoms with E-state index in [9.17, 15) is 19.2 Å². The molecule has 3 aromatic rings. The van der Waals surface area contributed by atoms with Gasteiger partial charge in [0.15, 0.2) is 0 Å². The lowest BCUT2D eigenvalue weighted by Crippen LogP contribution is -2.49. The molecule has 6 rings (SSSR count). The number of unbranched alkanes of at least 4 members (excludes halogenated alkanes) is 2. The number of hydrogen-bond acceptors (Lipinski definition) is 11. The Morgan fingerprint density at radius 3 is 2.68 bits per heavy atom. The molecule has 0 radical (unpaired) electrons. The van der Waals surface area contributed by atoms with Crippen molar-refractivity contribution in [2.45, 2.75) is 78.2 Å². The number of cyclic esters (lactones) is 1. The summed E-state index contributed by atoms with van der Waals surface area (Å²) < 4.78 is 18.4. The van der Waals surface area contributed by atoms with Crippen LogP contribution >= 0.6 is 0 Å². The van der Waals surface area contributed by atoms with Crippen molar-refractivity contribution in [3.63, 3.8) is 0 Å². The molecule has 0 bridgehead atoms. The molecule has 3 aliphatic heterocycles. The number of hydrogen-bond donors (Lipinski definition) is 1. The highest BCUT2D eigenvalue weighted by molar-refractivity contribution is 6.11. The number of aromatic nitrogens is 2. The molecule has 0 unspecified atom stereocenters. The van der Waals surface area contributed by atoms with Crippen LogP contribution in [0.2, 0.25) is 0 Å². The van der Waals surface area contributed by atoms with Gasteiger partial charge in [0.2, 0.25) is 0 Å². The highest BCUT2D eigenvalue weighted by Gasteiger charge is 2.52. The van der Waals surface area contributed by atoms with E-state index in [2.05, 4.69) is 23.7 Å². The van der Waals surface area contributed by atoms with Crippen LogP contribution in [-0.2, 0) is 42.6 Å². The fourth-order valence-corrected chi connectivity index (χ4v) is 6.75. The summed E-state index contributed by atoms with van der Waals surface area (Å²) in [4.78, 5) is 67.0. The average molecular weight is 685 g/mol. The fourth-order valence-electron chi connectivity index (χ4n) is 6.75. The van der Waals surface area contributed by atoms with Gasteiger partial charge in [0.1, 0.15) is 12.2 Å². The number of fused-ring (bicyclic) bond motifs is 5. The van der Waals surface area contributed by atoms with Crippen LogP contribution in [0.4, 0.5) is 16.2 Å². The van der Waals surface area contributed by atoms with Crippen LogP contribution in [0.3, 0.4) is 0 Å². The summed E-state index contributed by atoms with van der Waals surface area (Å²) in [7, 11) is 1.68. The van der Waals surface area contributed by atoms with Gasteiger partial charge in [-0.3, -0.25) is 14.5 Å². The second-order valence-corrected chi connectivity index (χ2v) is 14.1. The van der Waals surface area contributed by atoms with Gasteiger partial charge in [-0.25, -0.2) is 19.6 Å². The predicted octanol–water partition coefficient (Wildman–Crippen LogP) is 4.92. The van der Waals surface area contributed by atoms with Gasteiger partial charge in [0.05, 0.1) is 58.7 Å². The number of aliphatic imine (C=N–C) groups is 1. The molecule has 264 valence electrons. The van der Waals surface area contributed by atoms with Gasteiger partial charge >= 0.3 is 18.0 Å². The van der Waals surface area contributed by atoms with E-state index in [1.54, 1.807) is 50.3 Å². The number of anilines is 1. The number of benzene rings is 1. The molecule has 13 heteroatoms. The van der Waals surface area contributed by atoms with Crippen LogP contribution in [0.15, 0.2) is 46.2 Å². The second-order valence-electron chi connectivity index (χ2n) is 14.1. The molecular weight excluding hydrogens is 640 g/mol. The minimum atomic E-state index is -2.05. The SMILES string of the molecule is C=C(C)[C@@]1(OC(=O)CN(C)CCNC(=O)OC(C)(C)C)C(=O)OCc2c1cc1n(c2=O)Cc2c-1nc1cccc3c1c2N(CCCCC)C=N3. The Balaban J connectivity index is 1.34. The van der Waals surface area contributed by atoms with Gasteiger partial charge < -0.3 is 29.0 Å². The number of rotatable bonds is 11. The predicted molar refractivity (Wildman–Crippen MR) is 190 cm³/mol. The Morgan fingerprint density at radius 1 is 1.18 bits per heavy atom. The first-order chi connectivity index (χ1) is 23.7. The zero-order valence-corrected chi connectivity index (χ0v) is 29.6. The molecule has 3 aliphatic rings. The van der Waals surface area contributed by atoms with Crippen LogP contribution in [0.1, 0.15) is 70.6 Å². The van der Waals surface area contributed by atoms with E-state index < -0.39 is 29.2 Å². The number of carbonyl (C=O) groups excluding carboxylic acids is 3. The van der Waals surface area contributed by atoms with Crippen molar-refractivity contribution in [3.8, 4) is 11.4 Å². The zero-order chi connectivity index (χ0) is 36.0. The molecular formula is C37H44N6O7. The number of esters is 2. The normalized spacial score (nSPS) is 17.3. The van der Waals surface area contributed by atoms with Crippen molar-refractivity contribution in [2.75, 3.05) is 38.1 Å². The first-order valence-corrected chi connectivity index (χ1v) is 17.0. The minimum Gasteiger partial charge on any atom is -0.457 e. The first kappa shape index (κ1) is 34.8. The first-order valence-electron chi connectivity index (χ1n) is 17.0. The van der Waals surface area contributed by atoms with Crippen molar-refractivity contribution in [2.24, 2.45) is 4.99 Å². The lowest BCUT2D eigenvalue weighted by molar-refractivity contribution is -0.183. The Kier molecular flexibility index (Phi) is 9.29. The molecule has 1 aromatic carbocycles. The summed E-state index contributed by atoms with van der Waals surface area (Å²) in [6, 6.07) is 7.53. The molecule has 0 fully saturated rings. The zero-order valence-electron chi connectivity index (χ0n) is 29.6.